The smallest absolute Gasteiger partial charge is 0.270 e. The Kier molecular flexibility index (Phi) is 7.46. The van der Waals surface area contributed by atoms with Crippen LogP contribution in [0.15, 0.2) is 53.4 Å². The minimum atomic E-state index is -3.79. The molecule has 1 aliphatic carbocycles. The predicted molar refractivity (Wildman–Crippen MR) is 136 cm³/mol. The summed E-state index contributed by atoms with van der Waals surface area (Å²) in [5.74, 6) is 2.17. The van der Waals surface area contributed by atoms with Crippen LogP contribution in [0, 0.1) is 22.0 Å². The standard InChI is InChI=1S/C24H30N6O4S/c1-29(2)23-21-8-3-4-9-22(21)27-24(28-23)25-15-17-10-12-18(13-11-17)16-26-35(33,34)20-7-5-6-19(14-20)30(31)32/h3-9,14,17-18,26H,10-13,15-16H2,1-2H3,(H,25,27,28). The second kappa shape index (κ2) is 10.5. The van der Waals surface area contributed by atoms with Crippen LogP contribution in [0.1, 0.15) is 25.7 Å². The van der Waals surface area contributed by atoms with E-state index in [4.69, 9.17) is 0 Å². The van der Waals surface area contributed by atoms with Crippen LogP contribution in [0.2, 0.25) is 0 Å². The van der Waals surface area contributed by atoms with E-state index in [1.807, 2.05) is 43.3 Å². The quantitative estimate of drug-likeness (QED) is 0.336. The molecule has 0 aliphatic heterocycles. The van der Waals surface area contributed by atoms with E-state index in [1.54, 1.807) is 0 Å². The van der Waals surface area contributed by atoms with Crippen molar-refractivity contribution in [3.8, 4) is 0 Å². The minimum absolute atomic E-state index is 0.0861. The van der Waals surface area contributed by atoms with Crippen LogP contribution in [0.5, 0.6) is 0 Å². The van der Waals surface area contributed by atoms with E-state index in [-0.39, 0.29) is 16.5 Å². The normalized spacial score (nSPS) is 18.3. The first-order chi connectivity index (χ1) is 16.7. The highest BCUT2D eigenvalue weighted by Crippen LogP contribution is 2.30. The van der Waals surface area contributed by atoms with Crippen molar-refractivity contribution in [3.63, 3.8) is 0 Å². The number of aromatic nitrogens is 2. The molecule has 0 saturated heterocycles. The Hall–Kier alpha value is -3.31. The van der Waals surface area contributed by atoms with Gasteiger partial charge in [-0.25, -0.2) is 18.1 Å². The Morgan fingerprint density at radius 2 is 1.69 bits per heavy atom. The summed E-state index contributed by atoms with van der Waals surface area (Å²) < 4.78 is 27.8. The molecule has 10 nitrogen and oxygen atoms in total. The molecular formula is C24H30N6O4S. The first kappa shape index (κ1) is 24.8. The zero-order valence-electron chi connectivity index (χ0n) is 19.8. The fourth-order valence-corrected chi connectivity index (χ4v) is 5.59. The molecule has 11 heteroatoms. The molecule has 0 atom stereocenters. The SMILES string of the molecule is CN(C)c1nc(NCC2CCC(CNS(=O)(=O)c3cccc([N+](=O)[O-])c3)CC2)nc2ccccc12. The highest BCUT2D eigenvalue weighted by Gasteiger charge is 2.24. The number of nitro benzene ring substituents is 1. The molecule has 0 spiro atoms. The lowest BCUT2D eigenvalue weighted by Crippen LogP contribution is -2.32. The number of rotatable bonds is 9. The fourth-order valence-electron chi connectivity index (χ4n) is 4.43. The highest BCUT2D eigenvalue weighted by atomic mass is 32.2. The molecule has 1 saturated carbocycles. The molecule has 1 fully saturated rings. The summed E-state index contributed by atoms with van der Waals surface area (Å²) in [6.45, 7) is 1.09. The lowest BCUT2D eigenvalue weighted by molar-refractivity contribution is -0.385. The van der Waals surface area contributed by atoms with Crippen molar-refractivity contribution in [1.82, 2.24) is 14.7 Å². The Morgan fingerprint density at radius 1 is 1.00 bits per heavy atom. The van der Waals surface area contributed by atoms with Gasteiger partial charge in [-0.05, 0) is 55.7 Å². The fraction of sp³-hybridized carbons (Fsp3) is 0.417. The maximum absolute atomic E-state index is 12.6. The second-order valence-corrected chi connectivity index (χ2v) is 10.9. The van der Waals surface area contributed by atoms with Gasteiger partial charge in [-0.3, -0.25) is 10.1 Å². The van der Waals surface area contributed by atoms with Crippen molar-refractivity contribution in [3.05, 3.63) is 58.6 Å². The maximum atomic E-state index is 12.6. The van der Waals surface area contributed by atoms with Gasteiger partial charge in [0, 0.05) is 44.7 Å². The molecule has 3 aromatic rings. The summed E-state index contributed by atoms with van der Waals surface area (Å²) >= 11 is 0. The number of anilines is 2. The number of hydrogen-bond acceptors (Lipinski definition) is 8. The Labute approximate surface area is 205 Å². The lowest BCUT2D eigenvalue weighted by atomic mass is 9.82. The molecule has 1 aliphatic rings. The molecule has 2 N–H and O–H groups in total. The van der Waals surface area contributed by atoms with E-state index < -0.39 is 14.9 Å². The largest absolute Gasteiger partial charge is 0.362 e. The number of fused-ring (bicyclic) bond motifs is 1. The van der Waals surface area contributed by atoms with Crippen molar-refractivity contribution in [2.75, 3.05) is 37.4 Å². The Bertz CT molecular complexity index is 1310. The van der Waals surface area contributed by atoms with Crippen LogP contribution in [0.3, 0.4) is 0 Å². The summed E-state index contributed by atoms with van der Waals surface area (Å²) in [7, 11) is 0.139. The zero-order valence-corrected chi connectivity index (χ0v) is 20.7. The van der Waals surface area contributed by atoms with Crippen LogP contribution in [-0.4, -0.2) is 50.5 Å². The first-order valence-corrected chi connectivity index (χ1v) is 13.1. The number of benzene rings is 2. The van der Waals surface area contributed by atoms with Gasteiger partial charge < -0.3 is 10.2 Å². The van der Waals surface area contributed by atoms with E-state index in [9.17, 15) is 18.5 Å². The minimum Gasteiger partial charge on any atom is -0.362 e. The molecule has 1 aromatic heterocycles. The third-order valence-corrected chi connectivity index (χ3v) is 7.84. The molecule has 0 bridgehead atoms. The van der Waals surface area contributed by atoms with Crippen LogP contribution in [-0.2, 0) is 10.0 Å². The molecule has 1 heterocycles. The second-order valence-electron chi connectivity index (χ2n) is 9.16. The monoisotopic (exact) mass is 498 g/mol. The molecule has 0 unspecified atom stereocenters. The summed E-state index contributed by atoms with van der Waals surface area (Å²) in [6.07, 6.45) is 3.77. The average molecular weight is 499 g/mol. The number of nitrogens with one attached hydrogen (secondary N) is 2. The zero-order chi connectivity index (χ0) is 25.0. The number of non-ortho nitro benzene ring substituents is 1. The van der Waals surface area contributed by atoms with Gasteiger partial charge in [-0.15, -0.1) is 0 Å². The number of sulfonamides is 1. The Balaban J connectivity index is 1.29. The van der Waals surface area contributed by atoms with Crippen molar-refractivity contribution in [1.29, 1.82) is 0 Å². The molecule has 2 aromatic carbocycles. The summed E-state index contributed by atoms with van der Waals surface area (Å²) in [4.78, 5) is 21.6. The molecule has 35 heavy (non-hydrogen) atoms. The summed E-state index contributed by atoms with van der Waals surface area (Å²) in [5, 5.41) is 15.3. The Morgan fingerprint density at radius 3 is 2.37 bits per heavy atom. The summed E-state index contributed by atoms with van der Waals surface area (Å²) in [6, 6.07) is 13.1. The van der Waals surface area contributed by atoms with E-state index in [2.05, 4.69) is 20.0 Å². The number of nitrogens with zero attached hydrogens (tertiary/aromatic N) is 4. The third kappa shape index (κ3) is 6.04. The molecule has 0 radical (unpaired) electrons. The van der Waals surface area contributed by atoms with Crippen molar-refractivity contribution < 1.29 is 13.3 Å². The van der Waals surface area contributed by atoms with Gasteiger partial charge in [-0.1, -0.05) is 18.2 Å². The van der Waals surface area contributed by atoms with Crippen LogP contribution >= 0.6 is 0 Å². The number of para-hydroxylation sites is 1. The van der Waals surface area contributed by atoms with Crippen LogP contribution in [0.25, 0.3) is 10.9 Å². The van der Waals surface area contributed by atoms with Gasteiger partial charge in [-0.2, -0.15) is 4.98 Å². The van der Waals surface area contributed by atoms with E-state index in [0.717, 1.165) is 55.0 Å². The number of nitro groups is 1. The first-order valence-electron chi connectivity index (χ1n) is 11.6. The number of hydrogen-bond donors (Lipinski definition) is 2. The highest BCUT2D eigenvalue weighted by molar-refractivity contribution is 7.89. The van der Waals surface area contributed by atoms with Gasteiger partial charge >= 0.3 is 0 Å². The third-order valence-electron chi connectivity index (χ3n) is 6.42. The van der Waals surface area contributed by atoms with Gasteiger partial charge in [0.05, 0.1) is 15.3 Å². The van der Waals surface area contributed by atoms with E-state index in [1.165, 1.54) is 18.2 Å². The average Bonchev–Trinajstić information content (AvgIpc) is 2.86. The molecule has 186 valence electrons. The molecular weight excluding hydrogens is 468 g/mol. The van der Waals surface area contributed by atoms with Crippen LogP contribution in [0.4, 0.5) is 17.5 Å². The maximum Gasteiger partial charge on any atom is 0.270 e. The van der Waals surface area contributed by atoms with Gasteiger partial charge in [0.25, 0.3) is 5.69 Å². The molecule has 0 amide bonds. The van der Waals surface area contributed by atoms with E-state index >= 15 is 0 Å². The van der Waals surface area contributed by atoms with E-state index in [0.29, 0.717) is 18.4 Å². The van der Waals surface area contributed by atoms with Gasteiger partial charge in [0.1, 0.15) is 5.82 Å². The van der Waals surface area contributed by atoms with Crippen molar-refractivity contribution in [2.45, 2.75) is 30.6 Å². The summed E-state index contributed by atoms with van der Waals surface area (Å²) in [5.41, 5.74) is 0.655. The molecule has 4 rings (SSSR count). The van der Waals surface area contributed by atoms with Gasteiger partial charge in [0.15, 0.2) is 0 Å². The van der Waals surface area contributed by atoms with Crippen LogP contribution < -0.4 is 14.9 Å². The lowest BCUT2D eigenvalue weighted by Gasteiger charge is -2.28. The predicted octanol–water partition coefficient (Wildman–Crippen LogP) is 3.80. The van der Waals surface area contributed by atoms with Crippen molar-refractivity contribution >= 4 is 38.4 Å². The van der Waals surface area contributed by atoms with Crippen molar-refractivity contribution in [2.24, 2.45) is 11.8 Å². The van der Waals surface area contributed by atoms with Gasteiger partial charge in [0.2, 0.25) is 16.0 Å². The topological polar surface area (TPSA) is 130 Å².